The van der Waals surface area contributed by atoms with E-state index in [0.717, 1.165) is 14.6 Å². The molecule has 2 aromatic rings. The lowest BCUT2D eigenvalue weighted by Gasteiger charge is -1.98. The molecule has 0 atom stereocenters. The fraction of sp³-hybridized carbons (Fsp3) is 0. The average Bonchev–Trinajstić information content (AvgIpc) is 2.19. The molecule has 2 rings (SSSR count). The zero-order valence-electron chi connectivity index (χ0n) is 7.31. The van der Waals surface area contributed by atoms with Crippen molar-refractivity contribution >= 4 is 24.0 Å². The van der Waals surface area contributed by atoms with Crippen molar-refractivity contribution in [2.24, 2.45) is 0 Å². The van der Waals surface area contributed by atoms with E-state index in [4.69, 9.17) is 12.2 Å². The number of H-pyrrole nitrogens is 1. The van der Waals surface area contributed by atoms with E-state index in [9.17, 15) is 0 Å². The first-order chi connectivity index (χ1) is 6.84. The zero-order valence-corrected chi connectivity index (χ0v) is 8.94. The highest BCUT2D eigenvalue weighted by Gasteiger charge is 1.96. The Morgan fingerprint density at radius 2 is 2.21 bits per heavy atom. The van der Waals surface area contributed by atoms with Crippen molar-refractivity contribution in [1.29, 1.82) is 0 Å². The van der Waals surface area contributed by atoms with E-state index in [2.05, 4.69) is 9.97 Å². The maximum atomic E-state index is 5.03. The summed E-state index contributed by atoms with van der Waals surface area (Å²) in [6.07, 6.45) is 3.62. The fourth-order valence-corrected chi connectivity index (χ4v) is 2.10. The predicted octanol–water partition coefficient (Wildman–Crippen LogP) is 3.29. The summed E-state index contributed by atoms with van der Waals surface area (Å²) in [6, 6.07) is 9.76. The smallest absolute Gasteiger partial charge is 0.104 e. The van der Waals surface area contributed by atoms with Crippen LogP contribution in [0.3, 0.4) is 0 Å². The zero-order chi connectivity index (χ0) is 9.80. The van der Waals surface area contributed by atoms with Gasteiger partial charge in [0.05, 0.1) is 0 Å². The van der Waals surface area contributed by atoms with Crippen LogP contribution in [-0.4, -0.2) is 9.97 Å². The van der Waals surface area contributed by atoms with E-state index in [1.54, 1.807) is 18.0 Å². The molecule has 0 radical (unpaired) electrons. The molecule has 0 aliphatic heterocycles. The second-order valence-corrected chi connectivity index (χ2v) is 4.19. The van der Waals surface area contributed by atoms with Crippen LogP contribution < -0.4 is 0 Å². The number of hydrogen-bond donors (Lipinski definition) is 1. The second kappa shape index (κ2) is 4.39. The van der Waals surface area contributed by atoms with E-state index >= 15 is 0 Å². The molecular weight excluding hydrogens is 212 g/mol. The molecule has 2 nitrogen and oxygen atoms in total. The van der Waals surface area contributed by atoms with Crippen LogP contribution in [0.1, 0.15) is 0 Å². The quantitative estimate of drug-likeness (QED) is 0.787. The number of rotatable bonds is 2. The Hall–Kier alpha value is -1.13. The lowest BCUT2D eigenvalue weighted by atomic mass is 10.5. The Morgan fingerprint density at radius 3 is 2.93 bits per heavy atom. The van der Waals surface area contributed by atoms with Crippen LogP contribution in [0.2, 0.25) is 0 Å². The number of aromatic nitrogens is 2. The van der Waals surface area contributed by atoms with E-state index in [1.807, 2.05) is 36.5 Å². The SMILES string of the molecule is S=c1cc(Sc2ccccn2)cc[nH]1. The summed E-state index contributed by atoms with van der Waals surface area (Å²) in [7, 11) is 0. The van der Waals surface area contributed by atoms with Gasteiger partial charge in [-0.3, -0.25) is 0 Å². The van der Waals surface area contributed by atoms with Crippen molar-refractivity contribution < 1.29 is 0 Å². The summed E-state index contributed by atoms with van der Waals surface area (Å²) in [6.45, 7) is 0. The Labute approximate surface area is 91.4 Å². The minimum Gasteiger partial charge on any atom is -0.353 e. The molecule has 0 amide bonds. The maximum Gasteiger partial charge on any atom is 0.104 e. The Morgan fingerprint density at radius 1 is 1.29 bits per heavy atom. The highest BCUT2D eigenvalue weighted by Crippen LogP contribution is 2.24. The van der Waals surface area contributed by atoms with Crippen LogP contribution in [0.15, 0.2) is 52.6 Å². The third-order valence-electron chi connectivity index (χ3n) is 1.61. The molecule has 4 heteroatoms. The highest BCUT2D eigenvalue weighted by atomic mass is 32.2. The molecule has 0 saturated carbocycles. The number of nitrogens with one attached hydrogen (secondary N) is 1. The highest BCUT2D eigenvalue weighted by molar-refractivity contribution is 7.99. The van der Waals surface area contributed by atoms with Gasteiger partial charge in [-0.25, -0.2) is 4.98 Å². The van der Waals surface area contributed by atoms with Gasteiger partial charge in [0, 0.05) is 17.3 Å². The van der Waals surface area contributed by atoms with Gasteiger partial charge < -0.3 is 4.98 Å². The van der Waals surface area contributed by atoms with Crippen LogP contribution in [0.4, 0.5) is 0 Å². The van der Waals surface area contributed by atoms with E-state index < -0.39 is 0 Å². The third-order valence-corrected chi connectivity index (χ3v) is 2.78. The van der Waals surface area contributed by atoms with Gasteiger partial charge in [-0.05, 0) is 24.3 Å². The molecule has 14 heavy (non-hydrogen) atoms. The summed E-state index contributed by atoms with van der Waals surface area (Å²) in [5, 5.41) is 0.980. The second-order valence-electron chi connectivity index (χ2n) is 2.66. The van der Waals surface area contributed by atoms with Gasteiger partial charge in [-0.15, -0.1) is 0 Å². The normalized spacial score (nSPS) is 10.0. The van der Waals surface area contributed by atoms with Crippen molar-refractivity contribution in [2.75, 3.05) is 0 Å². The minimum absolute atomic E-state index is 0.742. The predicted molar refractivity (Wildman–Crippen MR) is 60.0 cm³/mol. The lowest BCUT2D eigenvalue weighted by molar-refractivity contribution is 1.13. The number of hydrogen-bond acceptors (Lipinski definition) is 3. The van der Waals surface area contributed by atoms with E-state index in [1.165, 1.54) is 0 Å². The van der Waals surface area contributed by atoms with Gasteiger partial charge in [0.1, 0.15) is 9.67 Å². The van der Waals surface area contributed by atoms with Gasteiger partial charge >= 0.3 is 0 Å². The first-order valence-corrected chi connectivity index (χ1v) is 5.35. The molecule has 70 valence electrons. The number of pyridine rings is 2. The summed E-state index contributed by atoms with van der Waals surface area (Å²) in [5.74, 6) is 0. The topological polar surface area (TPSA) is 28.7 Å². The van der Waals surface area contributed by atoms with Gasteiger partial charge in [0.25, 0.3) is 0 Å². The van der Waals surface area contributed by atoms with Crippen LogP contribution in [0.5, 0.6) is 0 Å². The lowest BCUT2D eigenvalue weighted by Crippen LogP contribution is -1.78. The van der Waals surface area contributed by atoms with Crippen LogP contribution in [0, 0.1) is 4.64 Å². The average molecular weight is 220 g/mol. The first-order valence-electron chi connectivity index (χ1n) is 4.12. The molecule has 1 N–H and O–H groups in total. The van der Waals surface area contributed by atoms with E-state index in [0.29, 0.717) is 0 Å². The van der Waals surface area contributed by atoms with Crippen molar-refractivity contribution in [3.8, 4) is 0 Å². The largest absolute Gasteiger partial charge is 0.353 e. The fourth-order valence-electron chi connectivity index (χ4n) is 1.02. The molecule has 0 fully saturated rings. The molecule has 0 spiro atoms. The van der Waals surface area contributed by atoms with Crippen molar-refractivity contribution in [2.45, 2.75) is 9.92 Å². The Kier molecular flexibility index (Phi) is 2.96. The molecule has 2 aromatic heterocycles. The van der Waals surface area contributed by atoms with Gasteiger partial charge in [-0.1, -0.05) is 30.0 Å². The van der Waals surface area contributed by atoms with Crippen molar-refractivity contribution in [1.82, 2.24) is 9.97 Å². The van der Waals surface area contributed by atoms with Crippen LogP contribution >= 0.6 is 24.0 Å². The van der Waals surface area contributed by atoms with E-state index in [-0.39, 0.29) is 0 Å². The molecule has 0 aliphatic rings. The number of nitrogens with zero attached hydrogens (tertiary/aromatic N) is 1. The van der Waals surface area contributed by atoms with Crippen LogP contribution in [0.25, 0.3) is 0 Å². The maximum absolute atomic E-state index is 5.03. The molecule has 0 unspecified atom stereocenters. The summed E-state index contributed by atoms with van der Waals surface area (Å²) >= 11 is 6.63. The molecule has 2 heterocycles. The summed E-state index contributed by atoms with van der Waals surface area (Å²) in [5.41, 5.74) is 0. The molecule has 0 aliphatic carbocycles. The Balaban J connectivity index is 2.24. The minimum atomic E-state index is 0.742. The van der Waals surface area contributed by atoms with Crippen molar-refractivity contribution in [3.63, 3.8) is 0 Å². The first kappa shape index (κ1) is 9.43. The summed E-state index contributed by atoms with van der Waals surface area (Å²) < 4.78 is 0.742. The standard InChI is InChI=1S/C10H8N2S2/c13-9-7-8(4-6-11-9)14-10-3-1-2-5-12-10/h1-7H,(H,11,13). The van der Waals surface area contributed by atoms with Crippen molar-refractivity contribution in [3.05, 3.63) is 47.4 Å². The molecular formula is C10H8N2S2. The number of aromatic amines is 1. The Bertz CT molecular complexity index is 465. The molecule has 0 bridgehead atoms. The van der Waals surface area contributed by atoms with Crippen LogP contribution in [-0.2, 0) is 0 Å². The molecule has 0 aromatic carbocycles. The third kappa shape index (κ3) is 2.43. The van der Waals surface area contributed by atoms with Gasteiger partial charge in [-0.2, -0.15) is 0 Å². The summed E-state index contributed by atoms with van der Waals surface area (Å²) in [4.78, 5) is 8.27. The van der Waals surface area contributed by atoms with Gasteiger partial charge in [0.15, 0.2) is 0 Å². The monoisotopic (exact) mass is 220 g/mol. The van der Waals surface area contributed by atoms with Gasteiger partial charge in [0.2, 0.25) is 0 Å². The molecule has 0 saturated heterocycles.